The molecule has 120 valence electrons. The molecule has 4 nitrogen and oxygen atoms in total. The molecule has 3 rings (SSSR count). The zero-order valence-electron chi connectivity index (χ0n) is 12.1. The summed E-state index contributed by atoms with van der Waals surface area (Å²) in [5.74, 6) is -0.255. The average molecular weight is 345 g/mol. The molecule has 2 N–H and O–H groups in total. The summed E-state index contributed by atoms with van der Waals surface area (Å²) in [6.45, 7) is 1.17. The van der Waals surface area contributed by atoms with Crippen molar-refractivity contribution in [3.8, 4) is 0 Å². The number of fused-ring (bicyclic) bond motifs is 1. The van der Waals surface area contributed by atoms with Gasteiger partial charge in [0, 0.05) is 23.2 Å². The fourth-order valence-electron chi connectivity index (χ4n) is 2.54. The van der Waals surface area contributed by atoms with E-state index >= 15 is 0 Å². The maximum atomic E-state index is 13.1. The topological polar surface area (TPSA) is 50.4 Å². The Bertz CT molecular complexity index is 664. The predicted octanol–water partition coefficient (Wildman–Crippen LogP) is 2.46. The second-order valence-electron chi connectivity index (χ2n) is 5.17. The Labute approximate surface area is 138 Å². The van der Waals surface area contributed by atoms with E-state index < -0.39 is 0 Å². The van der Waals surface area contributed by atoms with Crippen LogP contribution in [0.3, 0.4) is 0 Å². The molecule has 0 unspecified atom stereocenters. The van der Waals surface area contributed by atoms with Gasteiger partial charge in [-0.1, -0.05) is 0 Å². The van der Waals surface area contributed by atoms with E-state index in [4.69, 9.17) is 4.74 Å². The van der Waals surface area contributed by atoms with Gasteiger partial charge in [0.05, 0.1) is 18.7 Å². The molecule has 0 spiro atoms. The number of halogens is 2. The molecular formula is C15H18ClFN2O2S. The van der Waals surface area contributed by atoms with Crippen molar-refractivity contribution in [3.63, 3.8) is 0 Å². The van der Waals surface area contributed by atoms with Gasteiger partial charge in [-0.15, -0.1) is 23.7 Å². The van der Waals surface area contributed by atoms with Crippen molar-refractivity contribution < 1.29 is 13.9 Å². The van der Waals surface area contributed by atoms with Gasteiger partial charge in [-0.25, -0.2) is 4.39 Å². The number of hydrogen-bond acceptors (Lipinski definition) is 4. The maximum Gasteiger partial charge on any atom is 0.237 e. The minimum absolute atomic E-state index is 0. The molecule has 0 saturated carbocycles. The summed E-state index contributed by atoms with van der Waals surface area (Å²) in [5, 5.41) is 6.94. The van der Waals surface area contributed by atoms with Gasteiger partial charge >= 0.3 is 0 Å². The first kappa shape index (κ1) is 17.1. The van der Waals surface area contributed by atoms with Crippen LogP contribution in [0, 0.1) is 5.82 Å². The number of amides is 1. The Kier molecular flexibility index (Phi) is 5.74. The van der Waals surface area contributed by atoms with Gasteiger partial charge in [-0.05, 0) is 36.1 Å². The number of carbonyl (C=O) groups excluding carboxylic acids is 1. The van der Waals surface area contributed by atoms with Crippen LogP contribution >= 0.6 is 23.7 Å². The van der Waals surface area contributed by atoms with E-state index in [1.54, 1.807) is 24.5 Å². The van der Waals surface area contributed by atoms with E-state index in [1.807, 2.05) is 6.07 Å². The van der Waals surface area contributed by atoms with Crippen molar-refractivity contribution in [1.29, 1.82) is 0 Å². The number of thiophene rings is 1. The Morgan fingerprint density at radius 3 is 3.05 bits per heavy atom. The van der Waals surface area contributed by atoms with E-state index in [2.05, 4.69) is 10.6 Å². The molecule has 22 heavy (non-hydrogen) atoms. The lowest BCUT2D eigenvalue weighted by Crippen LogP contribution is -2.39. The van der Waals surface area contributed by atoms with E-state index in [0.29, 0.717) is 19.5 Å². The van der Waals surface area contributed by atoms with Crippen molar-refractivity contribution in [2.75, 3.05) is 13.7 Å². The largest absolute Gasteiger partial charge is 0.380 e. The third-order valence-corrected chi connectivity index (χ3v) is 4.82. The van der Waals surface area contributed by atoms with Crippen LogP contribution in [0.4, 0.5) is 4.39 Å². The van der Waals surface area contributed by atoms with Crippen molar-refractivity contribution in [2.24, 2.45) is 0 Å². The smallest absolute Gasteiger partial charge is 0.237 e. The van der Waals surface area contributed by atoms with Crippen LogP contribution in [-0.4, -0.2) is 31.7 Å². The number of benzene rings is 1. The standard InChI is InChI=1S/C15H17FN2O2S.ClH/c1-20-11-6-13(17-7-11)15(19)18-8-12-5-9-4-10(16)2-3-14(9)21-12;/h2-5,11,13,17H,6-8H2,1H3,(H,18,19);1H/t11-,13+;/m0./s1. The monoisotopic (exact) mass is 344 g/mol. The number of nitrogens with one attached hydrogen (secondary N) is 2. The highest BCUT2D eigenvalue weighted by Gasteiger charge is 2.29. The summed E-state index contributed by atoms with van der Waals surface area (Å²) in [4.78, 5) is 13.1. The summed E-state index contributed by atoms with van der Waals surface area (Å²) in [7, 11) is 1.66. The highest BCUT2D eigenvalue weighted by atomic mass is 35.5. The number of ether oxygens (including phenoxy) is 1. The molecule has 2 heterocycles. The van der Waals surface area contributed by atoms with Crippen LogP contribution in [0.5, 0.6) is 0 Å². The quantitative estimate of drug-likeness (QED) is 0.895. The number of rotatable bonds is 4. The molecule has 1 aromatic carbocycles. The zero-order valence-corrected chi connectivity index (χ0v) is 13.7. The van der Waals surface area contributed by atoms with Gasteiger partial charge in [-0.3, -0.25) is 4.79 Å². The van der Waals surface area contributed by atoms with Gasteiger partial charge in [0.2, 0.25) is 5.91 Å². The molecule has 0 bridgehead atoms. The van der Waals surface area contributed by atoms with Crippen molar-refractivity contribution in [1.82, 2.24) is 10.6 Å². The molecule has 1 aliphatic heterocycles. The fourth-order valence-corrected chi connectivity index (χ4v) is 3.52. The van der Waals surface area contributed by atoms with Crippen LogP contribution in [0.15, 0.2) is 24.3 Å². The fraction of sp³-hybridized carbons (Fsp3) is 0.400. The molecule has 1 aromatic heterocycles. The Hall–Kier alpha value is -1.21. The third-order valence-electron chi connectivity index (χ3n) is 3.71. The second kappa shape index (κ2) is 7.37. The van der Waals surface area contributed by atoms with Crippen molar-refractivity contribution >= 4 is 39.7 Å². The predicted molar refractivity (Wildman–Crippen MR) is 88.1 cm³/mol. The number of carbonyl (C=O) groups is 1. The number of hydrogen-bond donors (Lipinski definition) is 2. The SMILES string of the molecule is CO[C@@H]1CN[C@@H](C(=O)NCc2cc3cc(F)ccc3s2)C1.Cl. The van der Waals surface area contributed by atoms with Gasteiger partial charge < -0.3 is 15.4 Å². The lowest BCUT2D eigenvalue weighted by molar-refractivity contribution is -0.123. The average Bonchev–Trinajstić information content (AvgIpc) is 3.10. The minimum atomic E-state index is -0.239. The highest BCUT2D eigenvalue weighted by molar-refractivity contribution is 7.19. The van der Waals surface area contributed by atoms with Crippen LogP contribution in [0.1, 0.15) is 11.3 Å². The van der Waals surface area contributed by atoms with Crippen LogP contribution in [0.2, 0.25) is 0 Å². The molecule has 2 atom stereocenters. The van der Waals surface area contributed by atoms with Gasteiger partial charge in [-0.2, -0.15) is 0 Å². The van der Waals surface area contributed by atoms with Crippen LogP contribution in [0.25, 0.3) is 10.1 Å². The van der Waals surface area contributed by atoms with E-state index in [-0.39, 0.29) is 36.3 Å². The third kappa shape index (κ3) is 3.76. The van der Waals surface area contributed by atoms with E-state index in [1.165, 1.54) is 12.1 Å². The molecule has 1 saturated heterocycles. The Morgan fingerprint density at radius 1 is 1.50 bits per heavy atom. The Morgan fingerprint density at radius 2 is 2.32 bits per heavy atom. The lowest BCUT2D eigenvalue weighted by Gasteiger charge is -2.10. The van der Waals surface area contributed by atoms with Gasteiger partial charge in [0.15, 0.2) is 0 Å². The molecule has 0 aliphatic carbocycles. The lowest BCUT2D eigenvalue weighted by atomic mass is 10.2. The normalized spacial score (nSPS) is 20.8. The summed E-state index contributed by atoms with van der Waals surface area (Å²) in [6.07, 6.45) is 0.799. The van der Waals surface area contributed by atoms with Crippen molar-refractivity contribution in [3.05, 3.63) is 35.0 Å². The molecule has 1 aliphatic rings. The molecule has 7 heteroatoms. The highest BCUT2D eigenvalue weighted by Crippen LogP contribution is 2.26. The molecule has 2 aromatic rings. The first-order chi connectivity index (χ1) is 10.2. The second-order valence-corrected chi connectivity index (χ2v) is 6.34. The van der Waals surface area contributed by atoms with Crippen LogP contribution in [-0.2, 0) is 16.1 Å². The van der Waals surface area contributed by atoms with Crippen LogP contribution < -0.4 is 10.6 Å². The first-order valence-electron chi connectivity index (χ1n) is 6.87. The molecular weight excluding hydrogens is 327 g/mol. The first-order valence-corrected chi connectivity index (χ1v) is 7.69. The van der Waals surface area contributed by atoms with E-state index in [9.17, 15) is 9.18 Å². The van der Waals surface area contributed by atoms with E-state index in [0.717, 1.165) is 15.0 Å². The molecule has 0 radical (unpaired) electrons. The summed E-state index contributed by atoms with van der Waals surface area (Å²) < 4.78 is 19.4. The maximum absolute atomic E-state index is 13.1. The number of methoxy groups -OCH3 is 1. The minimum Gasteiger partial charge on any atom is -0.380 e. The molecule has 1 amide bonds. The van der Waals surface area contributed by atoms with Gasteiger partial charge in [0.1, 0.15) is 5.82 Å². The summed E-state index contributed by atoms with van der Waals surface area (Å²) >= 11 is 1.57. The van der Waals surface area contributed by atoms with Crippen molar-refractivity contribution in [2.45, 2.75) is 25.1 Å². The summed E-state index contributed by atoms with van der Waals surface area (Å²) in [6, 6.07) is 6.46. The molecule has 1 fully saturated rings. The zero-order chi connectivity index (χ0) is 14.8. The van der Waals surface area contributed by atoms with Gasteiger partial charge in [0.25, 0.3) is 0 Å². The Balaban J connectivity index is 0.00000176. The summed E-state index contributed by atoms with van der Waals surface area (Å²) in [5.41, 5.74) is 0.